The summed E-state index contributed by atoms with van der Waals surface area (Å²) in [7, 11) is 0. The summed E-state index contributed by atoms with van der Waals surface area (Å²) < 4.78 is 13.5. The van der Waals surface area contributed by atoms with Crippen molar-refractivity contribution in [3.05, 3.63) is 200 Å². The molecule has 14 aromatic rings. The van der Waals surface area contributed by atoms with Crippen LogP contribution in [0.2, 0.25) is 0 Å². The highest BCUT2D eigenvalue weighted by Gasteiger charge is 2.24. The molecule has 0 bridgehead atoms. The SMILES string of the molecule is c1ccc(-n2c3ccccc3c3cccc(-n4c5ccccc5c5cccc(-c6nc(-c7ccc8oc9ccccc9c8c7)nc(-c7cccc8c7sc7ccccc78)n6)c54)c32)cc1. The van der Waals surface area contributed by atoms with Gasteiger partial charge < -0.3 is 13.6 Å². The Morgan fingerprint density at radius 3 is 1.77 bits per heavy atom. The number of aromatic nitrogens is 5. The third-order valence-corrected chi connectivity index (χ3v) is 14.0. The van der Waals surface area contributed by atoms with Gasteiger partial charge in [0.15, 0.2) is 17.5 Å². The number of benzene rings is 9. The molecule has 0 saturated carbocycles. The largest absolute Gasteiger partial charge is 0.456 e. The van der Waals surface area contributed by atoms with E-state index in [1.54, 1.807) is 11.3 Å². The number of furan rings is 1. The molecule has 6 nitrogen and oxygen atoms in total. The van der Waals surface area contributed by atoms with Gasteiger partial charge in [0.05, 0.1) is 27.8 Å². The van der Waals surface area contributed by atoms with Crippen LogP contribution in [-0.4, -0.2) is 24.1 Å². The molecule has 0 amide bonds. The molecule has 14 rings (SSSR count). The van der Waals surface area contributed by atoms with E-state index in [2.05, 4.69) is 185 Å². The van der Waals surface area contributed by atoms with Gasteiger partial charge in [-0.1, -0.05) is 127 Å². The first kappa shape index (κ1) is 35.2. The second kappa shape index (κ2) is 13.6. The van der Waals surface area contributed by atoms with Gasteiger partial charge in [-0.05, 0) is 72.8 Å². The molecule has 0 radical (unpaired) electrons. The van der Waals surface area contributed by atoms with Gasteiger partial charge in [0, 0.05) is 74.9 Å². The summed E-state index contributed by atoms with van der Waals surface area (Å²) >= 11 is 1.78. The molecule has 9 aromatic carbocycles. The molecular weight excluding hydrogens is 803 g/mol. The summed E-state index contributed by atoms with van der Waals surface area (Å²) in [6, 6.07) is 70.8. The lowest BCUT2D eigenvalue weighted by atomic mass is 10.1. The van der Waals surface area contributed by atoms with Crippen LogP contribution < -0.4 is 0 Å². The molecule has 0 unspecified atom stereocenters. The Morgan fingerprint density at radius 2 is 0.953 bits per heavy atom. The second-order valence-electron chi connectivity index (χ2n) is 16.3. The minimum atomic E-state index is 0.594. The van der Waals surface area contributed by atoms with Gasteiger partial charge in [0.25, 0.3) is 0 Å². The average molecular weight is 836 g/mol. The van der Waals surface area contributed by atoms with E-state index in [9.17, 15) is 0 Å². The fraction of sp³-hybridized carbons (Fsp3) is 0. The maximum atomic E-state index is 6.27. The summed E-state index contributed by atoms with van der Waals surface area (Å²) in [6.07, 6.45) is 0. The van der Waals surface area contributed by atoms with E-state index in [-0.39, 0.29) is 0 Å². The molecule has 5 aromatic heterocycles. The maximum Gasteiger partial charge on any atom is 0.166 e. The number of fused-ring (bicyclic) bond motifs is 12. The van der Waals surface area contributed by atoms with Gasteiger partial charge >= 0.3 is 0 Å². The van der Waals surface area contributed by atoms with Crippen molar-refractivity contribution in [1.29, 1.82) is 0 Å². The van der Waals surface area contributed by atoms with Gasteiger partial charge in [-0.15, -0.1) is 11.3 Å². The second-order valence-corrected chi connectivity index (χ2v) is 17.4. The van der Waals surface area contributed by atoms with Gasteiger partial charge in [0.2, 0.25) is 0 Å². The number of thiophene rings is 1. The summed E-state index contributed by atoms with van der Waals surface area (Å²) in [6.45, 7) is 0. The number of para-hydroxylation sites is 6. The standard InChI is InChI=1S/C57H33N5OS/c1-2-15-35(16-3-1)61-46-26-8-4-18-37(46)41-22-14-28-48(53(41)61)62-47-27-9-5-17-36(47)40-21-12-24-43(52(40)62)56-58-55(34-31-32-50-45(33-34)38-19-6-10-29-49(38)63-50)59-57(60-56)44-25-13-23-42-39-20-7-11-30-51(39)64-54(42)44/h1-33H. The van der Waals surface area contributed by atoms with Crippen molar-refractivity contribution in [2.75, 3.05) is 0 Å². The van der Waals surface area contributed by atoms with E-state index < -0.39 is 0 Å². The minimum Gasteiger partial charge on any atom is -0.456 e. The van der Waals surface area contributed by atoms with E-state index >= 15 is 0 Å². The zero-order chi connectivity index (χ0) is 41.9. The van der Waals surface area contributed by atoms with Crippen LogP contribution in [0.3, 0.4) is 0 Å². The van der Waals surface area contributed by atoms with Crippen molar-refractivity contribution in [3.63, 3.8) is 0 Å². The number of hydrogen-bond donors (Lipinski definition) is 0. The molecule has 7 heteroatoms. The molecule has 0 spiro atoms. The fourth-order valence-electron chi connectivity index (χ4n) is 10.0. The van der Waals surface area contributed by atoms with E-state index in [1.807, 2.05) is 24.3 Å². The smallest absolute Gasteiger partial charge is 0.166 e. The molecule has 0 aliphatic carbocycles. The highest BCUT2D eigenvalue weighted by molar-refractivity contribution is 7.26. The Labute approximate surface area is 369 Å². The van der Waals surface area contributed by atoms with Crippen LogP contribution in [0.5, 0.6) is 0 Å². The Morgan fingerprint density at radius 1 is 0.375 bits per heavy atom. The first-order valence-corrected chi connectivity index (χ1v) is 22.3. The van der Waals surface area contributed by atoms with E-state index in [4.69, 9.17) is 19.4 Å². The summed E-state index contributed by atoms with van der Waals surface area (Å²) in [5.74, 6) is 1.82. The molecule has 0 N–H and O–H groups in total. The highest BCUT2D eigenvalue weighted by atomic mass is 32.1. The Bertz CT molecular complexity index is 4210. The quantitative estimate of drug-likeness (QED) is 0.173. The van der Waals surface area contributed by atoms with Crippen LogP contribution in [0.15, 0.2) is 205 Å². The zero-order valence-corrected chi connectivity index (χ0v) is 34.9. The van der Waals surface area contributed by atoms with Crippen LogP contribution in [0, 0.1) is 0 Å². The van der Waals surface area contributed by atoms with Crippen LogP contribution in [0.1, 0.15) is 0 Å². The lowest BCUT2D eigenvalue weighted by molar-refractivity contribution is 0.669. The average Bonchev–Trinajstić information content (AvgIpc) is 4.12. The fourth-order valence-corrected chi connectivity index (χ4v) is 11.2. The molecule has 0 fully saturated rings. The molecule has 298 valence electrons. The number of hydrogen-bond acceptors (Lipinski definition) is 5. The minimum absolute atomic E-state index is 0.594. The topological polar surface area (TPSA) is 61.7 Å². The summed E-state index contributed by atoms with van der Waals surface area (Å²) in [4.78, 5) is 16.3. The maximum absolute atomic E-state index is 6.27. The first-order chi connectivity index (χ1) is 31.7. The van der Waals surface area contributed by atoms with Gasteiger partial charge in [-0.3, -0.25) is 0 Å². The van der Waals surface area contributed by atoms with Crippen LogP contribution in [-0.2, 0) is 0 Å². The van der Waals surface area contributed by atoms with Crippen molar-refractivity contribution in [3.8, 4) is 45.5 Å². The lowest BCUT2D eigenvalue weighted by Gasteiger charge is -2.16. The van der Waals surface area contributed by atoms with E-state index in [1.165, 1.54) is 26.2 Å². The Hall–Kier alpha value is -8.39. The first-order valence-electron chi connectivity index (χ1n) is 21.4. The summed E-state index contributed by atoms with van der Waals surface area (Å²) in [5.41, 5.74) is 11.0. The van der Waals surface area contributed by atoms with Crippen molar-refractivity contribution >= 4 is 97.1 Å². The van der Waals surface area contributed by atoms with Crippen molar-refractivity contribution < 1.29 is 4.42 Å². The molecular formula is C57H33N5OS. The van der Waals surface area contributed by atoms with Crippen LogP contribution >= 0.6 is 11.3 Å². The molecule has 5 heterocycles. The van der Waals surface area contributed by atoms with Gasteiger partial charge in [-0.2, -0.15) is 0 Å². The van der Waals surface area contributed by atoms with Crippen LogP contribution in [0.25, 0.3) is 131 Å². The van der Waals surface area contributed by atoms with Gasteiger partial charge in [-0.25, -0.2) is 15.0 Å². The van der Waals surface area contributed by atoms with Crippen LogP contribution in [0.4, 0.5) is 0 Å². The van der Waals surface area contributed by atoms with Gasteiger partial charge in [0.1, 0.15) is 11.2 Å². The number of rotatable bonds is 5. The predicted octanol–water partition coefficient (Wildman–Crippen LogP) is 15.3. The van der Waals surface area contributed by atoms with Crippen molar-refractivity contribution in [1.82, 2.24) is 24.1 Å². The van der Waals surface area contributed by atoms with E-state index in [0.29, 0.717) is 17.5 Å². The monoisotopic (exact) mass is 835 g/mol. The predicted molar refractivity (Wildman–Crippen MR) is 265 cm³/mol. The zero-order valence-electron chi connectivity index (χ0n) is 34.1. The molecule has 0 aliphatic rings. The third-order valence-electron chi connectivity index (χ3n) is 12.8. The summed E-state index contributed by atoms with van der Waals surface area (Å²) in [5, 5.41) is 9.16. The molecule has 0 aliphatic heterocycles. The van der Waals surface area contributed by atoms with Crippen molar-refractivity contribution in [2.24, 2.45) is 0 Å². The molecule has 0 saturated heterocycles. The highest BCUT2D eigenvalue weighted by Crippen LogP contribution is 2.44. The van der Waals surface area contributed by atoms with Crippen molar-refractivity contribution in [2.45, 2.75) is 0 Å². The normalized spacial score (nSPS) is 12.1. The molecule has 64 heavy (non-hydrogen) atoms. The van der Waals surface area contributed by atoms with E-state index in [0.717, 1.165) is 87.5 Å². The Kier molecular flexibility index (Phi) is 7.46. The number of nitrogens with zero attached hydrogens (tertiary/aromatic N) is 5. The lowest BCUT2D eigenvalue weighted by Crippen LogP contribution is -2.03. The molecule has 0 atom stereocenters. The third kappa shape index (κ3) is 5.10. The Balaban J connectivity index is 1.09.